The van der Waals surface area contributed by atoms with E-state index in [4.69, 9.17) is 5.11 Å². The molecule has 6 nitrogen and oxygen atoms in total. The van der Waals surface area contributed by atoms with Crippen molar-refractivity contribution in [3.8, 4) is 0 Å². The number of benzene rings is 1. The molecule has 0 spiro atoms. The number of amides is 2. The van der Waals surface area contributed by atoms with Crippen LogP contribution in [0.25, 0.3) is 0 Å². The number of alkyl carbamates (subject to hydrolysis) is 1. The Labute approximate surface area is 114 Å². The fourth-order valence-corrected chi connectivity index (χ4v) is 2.07. The molecule has 0 aromatic heterocycles. The van der Waals surface area contributed by atoms with E-state index in [0.29, 0.717) is 4.90 Å². The van der Waals surface area contributed by atoms with E-state index in [1.54, 1.807) is 25.1 Å². The Bertz CT molecular complexity index is 489. The molecule has 0 aliphatic carbocycles. The molecule has 0 fully saturated rings. The van der Waals surface area contributed by atoms with Crippen LogP contribution >= 0.6 is 11.8 Å². The van der Waals surface area contributed by atoms with E-state index in [9.17, 15) is 14.4 Å². The lowest BCUT2D eigenvalue weighted by Gasteiger charge is -2.06. The van der Waals surface area contributed by atoms with Crippen molar-refractivity contribution in [1.29, 1.82) is 0 Å². The van der Waals surface area contributed by atoms with Gasteiger partial charge < -0.3 is 9.84 Å². The second kappa shape index (κ2) is 7.42. The molecule has 0 aliphatic rings. The fourth-order valence-electron chi connectivity index (χ4n) is 1.23. The highest BCUT2D eigenvalue weighted by atomic mass is 32.2. The predicted molar refractivity (Wildman–Crippen MR) is 69.3 cm³/mol. The van der Waals surface area contributed by atoms with E-state index in [1.807, 2.05) is 5.32 Å². The first-order valence-corrected chi connectivity index (χ1v) is 6.45. The van der Waals surface area contributed by atoms with E-state index in [0.717, 1.165) is 11.8 Å². The Hall–Kier alpha value is -2.02. The molecule has 1 aromatic rings. The monoisotopic (exact) mass is 283 g/mol. The molecule has 0 radical (unpaired) electrons. The molecule has 7 heteroatoms. The normalized spacial score (nSPS) is 9.74. The summed E-state index contributed by atoms with van der Waals surface area (Å²) in [6.07, 6.45) is -0.806. The number of nitrogens with one attached hydrogen (secondary N) is 1. The standard InChI is InChI=1S/C12H13NO5S/c1-2-18-12(17)13-10(14)7-19-9-6-4-3-5-8(9)11(15)16/h3-6H,2,7H2,1H3,(H,15,16)(H,13,14,17). The number of hydrogen-bond donors (Lipinski definition) is 2. The number of carbonyl (C=O) groups is 3. The maximum Gasteiger partial charge on any atom is 0.413 e. The molecule has 0 bridgehead atoms. The molecule has 19 heavy (non-hydrogen) atoms. The first-order chi connectivity index (χ1) is 9.04. The number of ether oxygens (including phenoxy) is 1. The lowest BCUT2D eigenvalue weighted by Crippen LogP contribution is -2.32. The minimum absolute atomic E-state index is 0.0664. The van der Waals surface area contributed by atoms with Crippen LogP contribution in [0, 0.1) is 0 Å². The van der Waals surface area contributed by atoms with E-state index in [1.165, 1.54) is 6.07 Å². The van der Waals surface area contributed by atoms with Gasteiger partial charge in [0, 0.05) is 4.90 Å². The highest BCUT2D eigenvalue weighted by Crippen LogP contribution is 2.22. The minimum Gasteiger partial charge on any atom is -0.478 e. The summed E-state index contributed by atoms with van der Waals surface area (Å²) in [5.41, 5.74) is 0.122. The summed E-state index contributed by atoms with van der Waals surface area (Å²) < 4.78 is 4.55. The van der Waals surface area contributed by atoms with Gasteiger partial charge in [-0.05, 0) is 19.1 Å². The third-order valence-electron chi connectivity index (χ3n) is 1.99. The van der Waals surface area contributed by atoms with Crippen LogP contribution in [0.3, 0.4) is 0 Å². The molecule has 2 N–H and O–H groups in total. The summed E-state index contributed by atoms with van der Waals surface area (Å²) in [7, 11) is 0. The first-order valence-electron chi connectivity index (χ1n) is 5.46. The predicted octanol–water partition coefficient (Wildman–Crippen LogP) is 1.75. The number of carboxylic acid groups (broad SMARTS) is 1. The Balaban J connectivity index is 2.55. The highest BCUT2D eigenvalue weighted by molar-refractivity contribution is 8.00. The van der Waals surface area contributed by atoms with E-state index < -0.39 is 18.0 Å². The van der Waals surface area contributed by atoms with Gasteiger partial charge in [0.05, 0.1) is 17.9 Å². The quantitative estimate of drug-likeness (QED) is 0.800. The van der Waals surface area contributed by atoms with Gasteiger partial charge in [-0.25, -0.2) is 9.59 Å². The van der Waals surface area contributed by atoms with E-state index in [2.05, 4.69) is 4.74 Å². The van der Waals surface area contributed by atoms with Gasteiger partial charge in [-0.2, -0.15) is 0 Å². The number of hydrogen-bond acceptors (Lipinski definition) is 5. The zero-order valence-electron chi connectivity index (χ0n) is 10.2. The van der Waals surface area contributed by atoms with Crippen LogP contribution in [0.1, 0.15) is 17.3 Å². The maximum atomic E-state index is 11.4. The van der Waals surface area contributed by atoms with Crippen LogP contribution in [-0.4, -0.2) is 35.4 Å². The lowest BCUT2D eigenvalue weighted by atomic mass is 10.2. The summed E-state index contributed by atoms with van der Waals surface area (Å²) in [5, 5.41) is 11.0. The van der Waals surface area contributed by atoms with Crippen molar-refractivity contribution < 1.29 is 24.2 Å². The van der Waals surface area contributed by atoms with Crippen LogP contribution in [-0.2, 0) is 9.53 Å². The molecule has 2 amide bonds. The van der Waals surface area contributed by atoms with Crippen molar-refractivity contribution in [3.05, 3.63) is 29.8 Å². The molecule has 1 rings (SSSR count). The third kappa shape index (κ3) is 5.01. The van der Waals surface area contributed by atoms with Gasteiger partial charge in [-0.3, -0.25) is 10.1 Å². The second-order valence-corrected chi connectivity index (χ2v) is 4.38. The number of carbonyl (C=O) groups excluding carboxylic acids is 2. The topological polar surface area (TPSA) is 92.7 Å². The van der Waals surface area contributed by atoms with Gasteiger partial charge in [0.25, 0.3) is 0 Å². The van der Waals surface area contributed by atoms with Gasteiger partial charge in [-0.1, -0.05) is 12.1 Å². The maximum absolute atomic E-state index is 11.4. The Kier molecular flexibility index (Phi) is 5.87. The molecule has 0 unspecified atom stereocenters. The fraction of sp³-hybridized carbons (Fsp3) is 0.250. The Morgan fingerprint density at radius 1 is 1.32 bits per heavy atom. The molecule has 102 valence electrons. The number of aromatic carboxylic acids is 1. The van der Waals surface area contributed by atoms with Crippen LogP contribution in [0.5, 0.6) is 0 Å². The van der Waals surface area contributed by atoms with Crippen LogP contribution in [0.4, 0.5) is 4.79 Å². The largest absolute Gasteiger partial charge is 0.478 e. The number of imide groups is 1. The molecule has 0 atom stereocenters. The molecule has 0 heterocycles. The SMILES string of the molecule is CCOC(=O)NC(=O)CSc1ccccc1C(=O)O. The van der Waals surface area contributed by atoms with Gasteiger partial charge in [0.1, 0.15) is 0 Å². The van der Waals surface area contributed by atoms with E-state index >= 15 is 0 Å². The van der Waals surface area contributed by atoms with Crippen LogP contribution < -0.4 is 5.32 Å². The van der Waals surface area contributed by atoms with Crippen LogP contribution in [0.15, 0.2) is 29.2 Å². The van der Waals surface area contributed by atoms with Gasteiger partial charge in [0.15, 0.2) is 0 Å². The summed E-state index contributed by atoms with van der Waals surface area (Å²) in [5.74, 6) is -1.67. The zero-order valence-corrected chi connectivity index (χ0v) is 11.0. The van der Waals surface area contributed by atoms with Crippen molar-refractivity contribution in [2.24, 2.45) is 0 Å². The lowest BCUT2D eigenvalue weighted by molar-refractivity contribution is -0.117. The van der Waals surface area contributed by atoms with Crippen molar-refractivity contribution in [2.75, 3.05) is 12.4 Å². The average molecular weight is 283 g/mol. The highest BCUT2D eigenvalue weighted by Gasteiger charge is 2.13. The molecular weight excluding hydrogens is 270 g/mol. The molecular formula is C12H13NO5S. The van der Waals surface area contributed by atoms with Crippen molar-refractivity contribution in [1.82, 2.24) is 5.32 Å². The summed E-state index contributed by atoms with van der Waals surface area (Å²) >= 11 is 1.04. The average Bonchev–Trinajstić information content (AvgIpc) is 2.36. The van der Waals surface area contributed by atoms with Gasteiger partial charge in [0.2, 0.25) is 5.91 Å². The zero-order chi connectivity index (χ0) is 14.3. The molecule has 0 saturated heterocycles. The second-order valence-electron chi connectivity index (χ2n) is 3.36. The molecule has 1 aromatic carbocycles. The Morgan fingerprint density at radius 2 is 2.00 bits per heavy atom. The van der Waals surface area contributed by atoms with Crippen molar-refractivity contribution in [3.63, 3.8) is 0 Å². The summed E-state index contributed by atoms with van der Waals surface area (Å²) in [6, 6.07) is 6.34. The molecule has 0 aliphatic heterocycles. The number of thioether (sulfide) groups is 1. The van der Waals surface area contributed by atoms with Crippen molar-refractivity contribution >= 4 is 29.7 Å². The van der Waals surface area contributed by atoms with Gasteiger partial charge >= 0.3 is 12.1 Å². The number of carboxylic acids is 1. The number of rotatable bonds is 5. The smallest absolute Gasteiger partial charge is 0.413 e. The van der Waals surface area contributed by atoms with E-state index in [-0.39, 0.29) is 17.9 Å². The van der Waals surface area contributed by atoms with Gasteiger partial charge in [-0.15, -0.1) is 11.8 Å². The molecule has 0 saturated carbocycles. The Morgan fingerprint density at radius 3 is 2.63 bits per heavy atom. The minimum atomic E-state index is -1.06. The van der Waals surface area contributed by atoms with Crippen LogP contribution in [0.2, 0.25) is 0 Å². The third-order valence-corrected chi connectivity index (χ3v) is 3.07. The first kappa shape index (κ1) is 15.0. The summed E-state index contributed by atoms with van der Waals surface area (Å²) in [4.78, 5) is 33.8. The summed E-state index contributed by atoms with van der Waals surface area (Å²) in [6.45, 7) is 1.80. The van der Waals surface area contributed by atoms with Crippen molar-refractivity contribution in [2.45, 2.75) is 11.8 Å².